The first-order valence-electron chi connectivity index (χ1n) is 2.76. The van der Waals surface area contributed by atoms with Crippen molar-refractivity contribution in [2.75, 3.05) is 0 Å². The maximum Gasteiger partial charge on any atom is 0 e. The molecule has 2 radical (unpaired) electrons. The van der Waals surface area contributed by atoms with Crippen LogP contribution in [0.4, 0.5) is 0 Å². The second kappa shape index (κ2) is 11.1. The topological polar surface area (TPSA) is 0 Å². The van der Waals surface area contributed by atoms with E-state index in [4.69, 9.17) is 0 Å². The Balaban J connectivity index is 0. The van der Waals surface area contributed by atoms with Crippen molar-refractivity contribution in [1.82, 2.24) is 0 Å². The van der Waals surface area contributed by atoms with E-state index in [1.54, 1.807) is 0 Å². The van der Waals surface area contributed by atoms with Crippen LogP contribution in [-0.2, 0) is 21.7 Å². The van der Waals surface area contributed by atoms with Gasteiger partial charge in [0.05, 0.1) is 0 Å². The number of unbranched alkanes of at least 4 members (excludes halogenated alkanes) is 1. The van der Waals surface area contributed by atoms with Gasteiger partial charge in [-0.3, -0.25) is 0 Å². The summed E-state index contributed by atoms with van der Waals surface area (Å²) in [4.78, 5) is 0. The quantitative estimate of drug-likeness (QED) is 0.529. The van der Waals surface area contributed by atoms with Crippen molar-refractivity contribution >= 4 is 21.1 Å². The van der Waals surface area contributed by atoms with Gasteiger partial charge in [0.15, 0.2) is 0 Å². The Morgan fingerprint density at radius 3 is 2.62 bits per heavy atom. The van der Waals surface area contributed by atoms with E-state index in [0.29, 0.717) is 0 Å². The van der Waals surface area contributed by atoms with Crippen molar-refractivity contribution < 1.29 is 21.7 Å². The summed E-state index contributed by atoms with van der Waals surface area (Å²) in [5, 5.41) is 0. The van der Waals surface area contributed by atoms with Gasteiger partial charge in [0.2, 0.25) is 0 Å². The predicted octanol–water partition coefficient (Wildman–Crippen LogP) is 2.05. The molecule has 2 heteroatoms. The smallest absolute Gasteiger partial charge is 0 e. The summed E-state index contributed by atoms with van der Waals surface area (Å²) in [5.74, 6) is 0. The zero-order chi connectivity index (χ0) is 5.54. The van der Waals surface area contributed by atoms with Crippen molar-refractivity contribution in [3.63, 3.8) is 0 Å². The number of hydrogen-bond acceptors (Lipinski definition) is 0. The molecular formula is C6H12SnTi. The molecule has 0 aromatic carbocycles. The normalized spacial score (nSPS) is 7.62. The molecule has 0 nitrogen and oxygen atoms in total. The fraction of sp³-hybridized carbons (Fsp3) is 0.667. The fourth-order valence-corrected chi connectivity index (χ4v) is 2.56. The van der Waals surface area contributed by atoms with Crippen molar-refractivity contribution in [3.05, 3.63) is 10.7 Å². The molecule has 0 bridgehead atoms. The largest absolute Gasteiger partial charge is 0 e. The Bertz CT molecular complexity index is 45.8. The van der Waals surface area contributed by atoms with E-state index in [1.807, 2.05) is 0 Å². The van der Waals surface area contributed by atoms with Crippen LogP contribution in [0.1, 0.15) is 19.8 Å². The summed E-state index contributed by atoms with van der Waals surface area (Å²) < 4.78 is 3.64. The van der Waals surface area contributed by atoms with Crippen LogP contribution in [0.5, 0.6) is 0 Å². The predicted molar refractivity (Wildman–Crippen MR) is 35.7 cm³/mol. The molecule has 0 rings (SSSR count). The van der Waals surface area contributed by atoms with Gasteiger partial charge in [-0.15, -0.1) is 0 Å². The van der Waals surface area contributed by atoms with Crippen LogP contribution in [0.25, 0.3) is 0 Å². The van der Waals surface area contributed by atoms with E-state index in [9.17, 15) is 0 Å². The summed E-state index contributed by atoms with van der Waals surface area (Å²) in [5.41, 5.74) is 0. The molecule has 0 spiro atoms. The molecular weight excluding hydrogens is 239 g/mol. The molecule has 44 valence electrons. The summed E-state index contributed by atoms with van der Waals surface area (Å²) in [7, 11) is 0. The van der Waals surface area contributed by atoms with Gasteiger partial charge in [-0.2, -0.15) is 0 Å². The van der Waals surface area contributed by atoms with Gasteiger partial charge in [0, 0.05) is 21.7 Å². The Morgan fingerprint density at radius 2 is 2.25 bits per heavy atom. The summed E-state index contributed by atoms with van der Waals surface area (Å²) in [6.07, 6.45) is 2.78. The fourth-order valence-electron chi connectivity index (χ4n) is 0.381. The van der Waals surface area contributed by atoms with Crippen LogP contribution < -0.4 is 0 Å². The second-order valence-corrected chi connectivity index (χ2v) is 5.27. The van der Waals surface area contributed by atoms with E-state index in [1.165, 1.54) is 17.3 Å². The Kier molecular flexibility index (Phi) is 16.6. The Labute approximate surface area is 77.2 Å². The van der Waals surface area contributed by atoms with Gasteiger partial charge in [-0.05, 0) is 0 Å². The second-order valence-electron chi connectivity index (χ2n) is 1.51. The third-order valence-electron chi connectivity index (χ3n) is 0.819. The van der Waals surface area contributed by atoms with Crippen LogP contribution in [-0.4, -0.2) is 21.1 Å². The van der Waals surface area contributed by atoms with Crippen LogP contribution in [0, 0.1) is 0 Å². The number of hydrogen-bond donors (Lipinski definition) is 0. The first-order chi connectivity index (χ1) is 3.41. The summed E-state index contributed by atoms with van der Waals surface area (Å²) >= 11 is -0.0525. The van der Waals surface area contributed by atoms with Crippen LogP contribution >= 0.6 is 0 Å². The van der Waals surface area contributed by atoms with Gasteiger partial charge in [0.1, 0.15) is 0 Å². The van der Waals surface area contributed by atoms with Gasteiger partial charge in [-0.1, -0.05) is 0 Å². The third kappa shape index (κ3) is 10.3. The van der Waals surface area contributed by atoms with Gasteiger partial charge in [0.25, 0.3) is 0 Å². The number of rotatable bonds is 4. The van der Waals surface area contributed by atoms with E-state index in [-0.39, 0.29) is 42.9 Å². The minimum Gasteiger partial charge on any atom is 0 e. The molecule has 0 unspecified atom stereocenters. The monoisotopic (exact) mass is 252 g/mol. The minimum atomic E-state index is -0.0525. The van der Waals surface area contributed by atoms with Gasteiger partial charge < -0.3 is 0 Å². The molecule has 0 atom stereocenters. The van der Waals surface area contributed by atoms with Gasteiger partial charge >= 0.3 is 56.0 Å². The van der Waals surface area contributed by atoms with E-state index >= 15 is 0 Å². The molecule has 0 aromatic rings. The van der Waals surface area contributed by atoms with E-state index < -0.39 is 0 Å². The van der Waals surface area contributed by atoms with Crippen LogP contribution in [0.3, 0.4) is 0 Å². The first kappa shape index (κ1) is 12.0. The molecule has 0 aromatic heterocycles. The maximum atomic E-state index is 3.71. The average Bonchev–Trinajstić information content (AvgIpc) is 1.69. The van der Waals surface area contributed by atoms with Crippen molar-refractivity contribution in [2.24, 2.45) is 0 Å². The molecule has 0 saturated heterocycles. The summed E-state index contributed by atoms with van der Waals surface area (Å²) in [6, 6.07) is 0. The maximum absolute atomic E-state index is 3.71. The first-order valence-corrected chi connectivity index (χ1v) is 6.42. The zero-order valence-electron chi connectivity index (χ0n) is 5.41. The molecule has 0 heterocycles. The van der Waals surface area contributed by atoms with E-state index in [2.05, 4.69) is 17.6 Å². The SMILES string of the molecule is C=[CH][Sn][CH2]CCC.[Ti]. The molecule has 0 aliphatic carbocycles. The molecule has 0 fully saturated rings. The molecule has 0 aliphatic rings. The molecule has 0 saturated carbocycles. The standard InChI is InChI=1S/C4H9.C2H3.Sn.Ti/c1-3-4-2;1-2;;/h1,3-4H2,2H3;1H,2H2;;. The zero-order valence-corrected chi connectivity index (χ0v) is 9.82. The third-order valence-corrected chi connectivity index (χ3v) is 3.48. The van der Waals surface area contributed by atoms with Crippen molar-refractivity contribution in [2.45, 2.75) is 24.2 Å². The molecule has 8 heavy (non-hydrogen) atoms. The van der Waals surface area contributed by atoms with E-state index in [0.717, 1.165) is 0 Å². The van der Waals surface area contributed by atoms with Crippen molar-refractivity contribution in [3.8, 4) is 0 Å². The minimum absolute atomic E-state index is 0. The van der Waals surface area contributed by atoms with Gasteiger partial charge in [-0.25, -0.2) is 0 Å². The van der Waals surface area contributed by atoms with Crippen LogP contribution in [0.2, 0.25) is 4.44 Å². The molecule has 0 N–H and O–H groups in total. The Hall–Kier alpha value is 1.25. The molecule has 0 aliphatic heterocycles. The average molecular weight is 251 g/mol. The van der Waals surface area contributed by atoms with Crippen LogP contribution in [0.15, 0.2) is 10.7 Å². The molecule has 0 amide bonds. The van der Waals surface area contributed by atoms with Crippen molar-refractivity contribution in [1.29, 1.82) is 0 Å². The summed E-state index contributed by atoms with van der Waals surface area (Å²) in [6.45, 7) is 5.95. The Morgan fingerprint density at radius 1 is 1.62 bits per heavy atom.